The number of urea groups is 1. The predicted octanol–water partition coefficient (Wildman–Crippen LogP) is 3.48. The summed E-state index contributed by atoms with van der Waals surface area (Å²) >= 11 is 0. The third kappa shape index (κ3) is 5.43. The highest BCUT2D eigenvalue weighted by molar-refractivity contribution is 7.92. The van der Waals surface area contributed by atoms with Crippen molar-refractivity contribution in [3.63, 3.8) is 0 Å². The fraction of sp³-hybridized carbons (Fsp3) is 0.278. The molecule has 0 radical (unpaired) electrons. The fourth-order valence-electron chi connectivity index (χ4n) is 2.33. The zero-order chi connectivity index (χ0) is 20.9. The van der Waals surface area contributed by atoms with Gasteiger partial charge in [0.25, 0.3) is 15.7 Å². The minimum Gasteiger partial charge on any atom is -0.338 e. The molecule has 2 aromatic rings. The van der Waals surface area contributed by atoms with Crippen LogP contribution in [0.5, 0.6) is 0 Å². The molecule has 0 saturated carbocycles. The van der Waals surface area contributed by atoms with Crippen molar-refractivity contribution in [3.8, 4) is 0 Å². The number of nitrogens with zero attached hydrogens (tertiary/aromatic N) is 1. The van der Waals surface area contributed by atoms with Gasteiger partial charge in [0.05, 0.1) is 21.1 Å². The quantitative estimate of drug-likeness (QED) is 0.479. The van der Waals surface area contributed by atoms with Crippen molar-refractivity contribution in [1.82, 2.24) is 5.32 Å². The molecule has 0 aromatic heterocycles. The Morgan fingerprint density at radius 1 is 1.14 bits per heavy atom. The van der Waals surface area contributed by atoms with Crippen LogP contribution in [0.4, 0.5) is 21.9 Å². The standard InChI is InChI=1S/C18H22N4O5S/c1-12(2)11-19-18(23)20-14-7-9-15(10-8-14)28(26,27)21-16-5-4-6-17(13(16)3)22(24)25/h4-10,12,21H,11H2,1-3H3,(H2,19,20,23). The number of nitro groups is 1. The first-order valence-corrected chi connectivity index (χ1v) is 10.00. The molecule has 0 saturated heterocycles. The maximum Gasteiger partial charge on any atom is 0.319 e. The lowest BCUT2D eigenvalue weighted by molar-refractivity contribution is -0.385. The number of hydrogen-bond donors (Lipinski definition) is 3. The van der Waals surface area contributed by atoms with E-state index < -0.39 is 14.9 Å². The van der Waals surface area contributed by atoms with Gasteiger partial charge in [-0.15, -0.1) is 0 Å². The van der Waals surface area contributed by atoms with E-state index in [1.807, 2.05) is 13.8 Å². The SMILES string of the molecule is Cc1c(NS(=O)(=O)c2ccc(NC(=O)NCC(C)C)cc2)cccc1[N+](=O)[O-]. The summed E-state index contributed by atoms with van der Waals surface area (Å²) in [4.78, 5) is 22.2. The summed E-state index contributed by atoms with van der Waals surface area (Å²) < 4.78 is 27.5. The molecule has 0 unspecified atom stereocenters. The maximum absolute atomic E-state index is 12.6. The highest BCUT2D eigenvalue weighted by Crippen LogP contribution is 2.27. The zero-order valence-electron chi connectivity index (χ0n) is 15.7. The number of carbonyl (C=O) groups excluding carboxylic acids is 1. The van der Waals surface area contributed by atoms with Crippen LogP contribution in [0.1, 0.15) is 19.4 Å². The Kier molecular flexibility index (Phi) is 6.57. The summed E-state index contributed by atoms with van der Waals surface area (Å²) in [5, 5.41) is 16.3. The third-order valence-electron chi connectivity index (χ3n) is 3.84. The molecule has 0 bridgehead atoms. The summed E-state index contributed by atoms with van der Waals surface area (Å²) in [7, 11) is -3.95. The number of hydrogen-bond acceptors (Lipinski definition) is 5. The molecule has 0 fully saturated rings. The van der Waals surface area contributed by atoms with E-state index in [1.54, 1.807) is 0 Å². The number of rotatable bonds is 7. The minimum atomic E-state index is -3.95. The second-order valence-electron chi connectivity index (χ2n) is 6.57. The van der Waals surface area contributed by atoms with Crippen LogP contribution in [0.3, 0.4) is 0 Å². The molecule has 0 aliphatic heterocycles. The summed E-state index contributed by atoms with van der Waals surface area (Å²) in [6, 6.07) is 9.39. The van der Waals surface area contributed by atoms with E-state index in [2.05, 4.69) is 15.4 Å². The van der Waals surface area contributed by atoms with Gasteiger partial charge in [0.1, 0.15) is 0 Å². The Morgan fingerprint density at radius 2 is 1.79 bits per heavy atom. The second kappa shape index (κ2) is 8.70. The van der Waals surface area contributed by atoms with Gasteiger partial charge in [-0.05, 0) is 43.2 Å². The lowest BCUT2D eigenvalue weighted by atomic mass is 10.2. The highest BCUT2D eigenvalue weighted by Gasteiger charge is 2.19. The van der Waals surface area contributed by atoms with Crippen molar-refractivity contribution in [2.45, 2.75) is 25.7 Å². The maximum atomic E-state index is 12.6. The van der Waals surface area contributed by atoms with E-state index in [0.717, 1.165) is 0 Å². The smallest absolute Gasteiger partial charge is 0.319 e. The average molecular weight is 406 g/mol. The largest absolute Gasteiger partial charge is 0.338 e. The highest BCUT2D eigenvalue weighted by atomic mass is 32.2. The van der Waals surface area contributed by atoms with E-state index in [4.69, 9.17) is 0 Å². The van der Waals surface area contributed by atoms with Gasteiger partial charge in [-0.25, -0.2) is 13.2 Å². The first-order chi connectivity index (χ1) is 13.1. The predicted molar refractivity (Wildman–Crippen MR) is 107 cm³/mol. The van der Waals surface area contributed by atoms with Crippen molar-refractivity contribution in [2.24, 2.45) is 5.92 Å². The first kappa shape index (κ1) is 21.2. The van der Waals surface area contributed by atoms with Crippen LogP contribution in [0.2, 0.25) is 0 Å². The Morgan fingerprint density at radius 3 is 2.36 bits per heavy atom. The monoisotopic (exact) mass is 406 g/mol. The van der Waals surface area contributed by atoms with Gasteiger partial charge in [0.2, 0.25) is 0 Å². The molecule has 0 atom stereocenters. The lowest BCUT2D eigenvalue weighted by Gasteiger charge is -2.12. The molecule has 28 heavy (non-hydrogen) atoms. The topological polar surface area (TPSA) is 130 Å². The number of sulfonamides is 1. The Bertz CT molecular complexity index is 972. The molecule has 2 amide bonds. The van der Waals surface area contributed by atoms with Crippen molar-refractivity contribution < 1.29 is 18.1 Å². The van der Waals surface area contributed by atoms with Crippen LogP contribution in [0.15, 0.2) is 47.4 Å². The molecule has 2 aromatic carbocycles. The van der Waals surface area contributed by atoms with Crippen molar-refractivity contribution in [2.75, 3.05) is 16.6 Å². The Hall–Kier alpha value is -3.14. The van der Waals surface area contributed by atoms with Gasteiger partial charge in [-0.3, -0.25) is 14.8 Å². The van der Waals surface area contributed by atoms with Crippen LogP contribution in [-0.2, 0) is 10.0 Å². The van der Waals surface area contributed by atoms with Crippen molar-refractivity contribution in [3.05, 3.63) is 58.1 Å². The molecule has 0 heterocycles. The molecule has 0 aliphatic rings. The van der Waals surface area contributed by atoms with E-state index in [0.29, 0.717) is 18.2 Å². The van der Waals surface area contributed by atoms with Crippen LogP contribution in [0, 0.1) is 23.0 Å². The summed E-state index contributed by atoms with van der Waals surface area (Å²) in [5.41, 5.74) is 0.611. The van der Waals surface area contributed by atoms with Gasteiger partial charge >= 0.3 is 6.03 Å². The molecule has 3 N–H and O–H groups in total. The number of nitro benzene ring substituents is 1. The molecule has 10 heteroatoms. The molecule has 2 rings (SSSR count). The number of carbonyl (C=O) groups is 1. The Labute approximate surface area is 163 Å². The molecule has 0 spiro atoms. The summed E-state index contributed by atoms with van der Waals surface area (Å²) in [5.74, 6) is 0.307. The van der Waals surface area contributed by atoms with E-state index in [-0.39, 0.29) is 27.9 Å². The summed E-state index contributed by atoms with van der Waals surface area (Å²) in [6.07, 6.45) is 0. The summed E-state index contributed by atoms with van der Waals surface area (Å²) in [6.45, 7) is 5.93. The number of amides is 2. The van der Waals surface area contributed by atoms with E-state index in [9.17, 15) is 23.3 Å². The second-order valence-corrected chi connectivity index (χ2v) is 8.25. The van der Waals surface area contributed by atoms with Gasteiger partial charge in [0, 0.05) is 18.3 Å². The van der Waals surface area contributed by atoms with Crippen molar-refractivity contribution >= 4 is 33.1 Å². The normalized spacial score (nSPS) is 11.1. The van der Waals surface area contributed by atoms with Crippen LogP contribution >= 0.6 is 0 Å². The van der Waals surface area contributed by atoms with E-state index >= 15 is 0 Å². The van der Waals surface area contributed by atoms with Crippen molar-refractivity contribution in [1.29, 1.82) is 0 Å². The molecule has 9 nitrogen and oxygen atoms in total. The van der Waals surface area contributed by atoms with Gasteiger partial charge in [-0.1, -0.05) is 19.9 Å². The molecular formula is C18H22N4O5S. The van der Waals surface area contributed by atoms with Crippen LogP contribution in [0.25, 0.3) is 0 Å². The third-order valence-corrected chi connectivity index (χ3v) is 5.22. The average Bonchev–Trinajstić information content (AvgIpc) is 2.62. The minimum absolute atomic E-state index is 0.0356. The van der Waals surface area contributed by atoms with Gasteiger partial charge in [0.15, 0.2) is 0 Å². The first-order valence-electron chi connectivity index (χ1n) is 8.52. The number of nitrogens with one attached hydrogen (secondary N) is 3. The zero-order valence-corrected chi connectivity index (χ0v) is 16.5. The molecular weight excluding hydrogens is 384 g/mol. The van der Waals surface area contributed by atoms with E-state index in [1.165, 1.54) is 49.4 Å². The van der Waals surface area contributed by atoms with Gasteiger partial charge in [-0.2, -0.15) is 0 Å². The lowest BCUT2D eigenvalue weighted by Crippen LogP contribution is -2.31. The Balaban J connectivity index is 2.13. The van der Waals surface area contributed by atoms with Crippen LogP contribution in [-0.4, -0.2) is 25.9 Å². The molecule has 150 valence electrons. The fourth-order valence-corrected chi connectivity index (χ4v) is 3.45. The number of benzene rings is 2. The number of anilines is 2. The van der Waals surface area contributed by atoms with Gasteiger partial charge < -0.3 is 10.6 Å². The van der Waals surface area contributed by atoms with Crippen LogP contribution < -0.4 is 15.4 Å². The molecule has 0 aliphatic carbocycles.